The van der Waals surface area contributed by atoms with E-state index in [4.69, 9.17) is 21.1 Å². The summed E-state index contributed by atoms with van der Waals surface area (Å²) >= 11 is 6.34. The van der Waals surface area contributed by atoms with Gasteiger partial charge in [0, 0.05) is 56.6 Å². The van der Waals surface area contributed by atoms with Crippen LogP contribution in [0.25, 0.3) is 0 Å². The van der Waals surface area contributed by atoms with Crippen LogP contribution in [0, 0.1) is 11.8 Å². The van der Waals surface area contributed by atoms with Crippen LogP contribution in [0.3, 0.4) is 0 Å². The average molecular weight is 615 g/mol. The second kappa shape index (κ2) is 10.7. The Morgan fingerprint density at radius 1 is 0.952 bits per heavy atom. The van der Waals surface area contributed by atoms with Crippen molar-refractivity contribution in [2.75, 3.05) is 63.9 Å². The third-order valence-corrected chi connectivity index (χ3v) is 11.2. The molecule has 6 aliphatic rings. The number of rotatable bonds is 0. The van der Waals surface area contributed by atoms with Gasteiger partial charge >= 0.3 is 0 Å². The average Bonchev–Trinajstić information content (AvgIpc) is 3.10. The molecule has 2 amide bonds. The summed E-state index contributed by atoms with van der Waals surface area (Å²) in [4.78, 5) is 32.6. The molecule has 224 valence electrons. The molecule has 2 aromatic carbocycles. The SMILES string of the molecule is O=C1CCN2CCN(CC2)C(=O)[C@@H]2CC[C@H]2CN2C[C@]3(COc4ccc(cc42)S(=O)(=O)N1)OCCc1cc(Cl)ccc13. The van der Waals surface area contributed by atoms with Gasteiger partial charge in [0.2, 0.25) is 11.8 Å². The molecule has 1 spiro atoms. The molecule has 1 aliphatic carbocycles. The Kier molecular flexibility index (Phi) is 7.11. The highest BCUT2D eigenvalue weighted by atomic mass is 35.5. The summed E-state index contributed by atoms with van der Waals surface area (Å²) in [6.45, 7) is 4.71. The van der Waals surface area contributed by atoms with Gasteiger partial charge < -0.3 is 19.3 Å². The number of carbonyl (C=O) groups is 2. The number of fused-ring (bicyclic) bond motifs is 8. The maximum Gasteiger partial charge on any atom is 0.264 e. The van der Waals surface area contributed by atoms with Gasteiger partial charge in [-0.2, -0.15) is 0 Å². The van der Waals surface area contributed by atoms with Crippen molar-refractivity contribution in [3.63, 3.8) is 0 Å². The monoisotopic (exact) mass is 614 g/mol. The van der Waals surface area contributed by atoms with Gasteiger partial charge in [-0.3, -0.25) is 14.5 Å². The van der Waals surface area contributed by atoms with Crippen molar-refractivity contribution in [1.82, 2.24) is 14.5 Å². The number of nitrogens with zero attached hydrogens (tertiary/aromatic N) is 3. The van der Waals surface area contributed by atoms with E-state index < -0.39 is 21.5 Å². The molecule has 10 nitrogen and oxygen atoms in total. The van der Waals surface area contributed by atoms with Gasteiger partial charge in [-0.25, -0.2) is 13.1 Å². The number of amides is 2. The lowest BCUT2D eigenvalue weighted by molar-refractivity contribution is -0.143. The van der Waals surface area contributed by atoms with Crippen LogP contribution in [0.2, 0.25) is 5.02 Å². The number of benzene rings is 2. The highest BCUT2D eigenvalue weighted by Crippen LogP contribution is 2.45. The van der Waals surface area contributed by atoms with Crippen LogP contribution in [0.4, 0.5) is 5.69 Å². The highest BCUT2D eigenvalue weighted by Gasteiger charge is 2.46. The first-order valence-electron chi connectivity index (χ1n) is 14.7. The molecule has 5 heterocycles. The second-order valence-corrected chi connectivity index (χ2v) is 14.2. The smallest absolute Gasteiger partial charge is 0.264 e. The van der Waals surface area contributed by atoms with Crippen molar-refractivity contribution in [1.29, 1.82) is 0 Å². The van der Waals surface area contributed by atoms with Gasteiger partial charge in [0.05, 0.1) is 23.7 Å². The molecule has 2 fully saturated rings. The van der Waals surface area contributed by atoms with Crippen molar-refractivity contribution in [2.45, 2.75) is 36.2 Å². The van der Waals surface area contributed by atoms with Gasteiger partial charge in [-0.15, -0.1) is 0 Å². The van der Waals surface area contributed by atoms with Crippen molar-refractivity contribution >= 4 is 39.1 Å². The fourth-order valence-electron chi connectivity index (χ4n) is 7.07. The lowest BCUT2D eigenvalue weighted by Gasteiger charge is -2.45. The summed E-state index contributed by atoms with van der Waals surface area (Å²) in [5.74, 6) is 0.215. The Bertz CT molecular complexity index is 1530. The molecule has 12 heteroatoms. The number of halogens is 1. The van der Waals surface area contributed by atoms with Crippen LogP contribution < -0.4 is 14.4 Å². The van der Waals surface area contributed by atoms with Gasteiger partial charge in [-0.1, -0.05) is 17.7 Å². The Hall–Kier alpha value is -2.86. The predicted molar refractivity (Wildman–Crippen MR) is 156 cm³/mol. The lowest BCUT2D eigenvalue weighted by Crippen LogP contribution is -2.55. The van der Waals surface area contributed by atoms with E-state index in [0.717, 1.165) is 30.4 Å². The molecule has 8 rings (SSSR count). The van der Waals surface area contributed by atoms with Crippen molar-refractivity contribution < 1.29 is 27.5 Å². The minimum absolute atomic E-state index is 0.00575. The standard InChI is InChI=1S/C30H35ClN4O6S/c31-22-2-5-25-20(15-22)8-14-41-30(25)18-35-17-21-1-4-24(21)29(37)34-12-10-33(11-13-34)9-7-28(36)32-42(38,39)23-3-6-27(40-19-30)26(35)16-23/h2-3,5-6,15-16,21,24H,1,4,7-14,17-19H2,(H,32,36)/t21-,24+,30+/m0/s1. The van der Waals surface area contributed by atoms with E-state index in [2.05, 4.69) is 14.5 Å². The summed E-state index contributed by atoms with van der Waals surface area (Å²) in [7, 11) is -4.11. The molecule has 1 N–H and O–H groups in total. The summed E-state index contributed by atoms with van der Waals surface area (Å²) in [6, 6.07) is 10.5. The summed E-state index contributed by atoms with van der Waals surface area (Å²) < 4.78 is 41.9. The largest absolute Gasteiger partial charge is 0.488 e. The van der Waals surface area contributed by atoms with E-state index in [-0.39, 0.29) is 35.7 Å². The maximum absolute atomic E-state index is 13.6. The number of carbonyl (C=O) groups excluding carboxylic acids is 2. The molecule has 0 aromatic heterocycles. The van der Waals surface area contributed by atoms with Crippen LogP contribution in [0.5, 0.6) is 5.75 Å². The zero-order valence-corrected chi connectivity index (χ0v) is 25.0. The van der Waals surface area contributed by atoms with Gasteiger partial charge in [-0.05, 0) is 66.6 Å². The summed E-state index contributed by atoms with van der Waals surface area (Å²) in [5.41, 5.74) is 1.92. The van der Waals surface area contributed by atoms with E-state index in [1.54, 1.807) is 12.1 Å². The first kappa shape index (κ1) is 27.9. The van der Waals surface area contributed by atoms with E-state index in [1.807, 2.05) is 23.1 Å². The number of hydrogen-bond donors (Lipinski definition) is 1. The Balaban J connectivity index is 1.29. The number of nitrogens with one attached hydrogen (secondary N) is 1. The summed E-state index contributed by atoms with van der Waals surface area (Å²) in [5, 5.41) is 0.665. The van der Waals surface area contributed by atoms with Crippen molar-refractivity contribution in [3.8, 4) is 5.75 Å². The third-order valence-electron chi connectivity index (χ3n) is 9.57. The topological polar surface area (TPSA) is 108 Å². The molecule has 2 aromatic rings. The Labute approximate surface area is 250 Å². The van der Waals surface area contributed by atoms with Crippen LogP contribution in [0.1, 0.15) is 30.4 Å². The Morgan fingerprint density at radius 2 is 1.79 bits per heavy atom. The van der Waals surface area contributed by atoms with Gasteiger partial charge in [0.15, 0.2) is 0 Å². The number of sulfonamides is 1. The number of piperazine rings is 1. The van der Waals surface area contributed by atoms with E-state index in [1.165, 1.54) is 6.07 Å². The predicted octanol–water partition coefficient (Wildman–Crippen LogP) is 2.39. The normalized spacial score (nSPS) is 29.5. The number of anilines is 1. The van der Waals surface area contributed by atoms with Crippen LogP contribution in [-0.2, 0) is 36.4 Å². The molecule has 0 radical (unpaired) electrons. The molecular weight excluding hydrogens is 580 g/mol. The lowest BCUT2D eigenvalue weighted by atomic mass is 9.72. The number of hydrogen-bond acceptors (Lipinski definition) is 8. The second-order valence-electron chi connectivity index (χ2n) is 12.1. The number of ether oxygens (including phenoxy) is 2. The van der Waals surface area contributed by atoms with Gasteiger partial charge in [0.1, 0.15) is 18.0 Å². The Morgan fingerprint density at radius 3 is 2.57 bits per heavy atom. The molecule has 42 heavy (non-hydrogen) atoms. The van der Waals surface area contributed by atoms with Gasteiger partial charge in [0.25, 0.3) is 10.0 Å². The fourth-order valence-corrected chi connectivity index (χ4v) is 8.30. The van der Waals surface area contributed by atoms with E-state index >= 15 is 0 Å². The van der Waals surface area contributed by atoms with Crippen molar-refractivity contribution in [3.05, 3.63) is 52.5 Å². The molecule has 3 atom stereocenters. The van der Waals surface area contributed by atoms with Crippen LogP contribution in [0.15, 0.2) is 41.3 Å². The van der Waals surface area contributed by atoms with E-state index in [0.29, 0.717) is 68.9 Å². The van der Waals surface area contributed by atoms with Crippen LogP contribution in [-0.4, -0.2) is 89.1 Å². The molecule has 1 saturated heterocycles. The maximum atomic E-state index is 13.6. The summed E-state index contributed by atoms with van der Waals surface area (Å²) in [6.07, 6.45) is 2.55. The first-order valence-corrected chi connectivity index (χ1v) is 16.6. The minimum Gasteiger partial charge on any atom is -0.488 e. The van der Waals surface area contributed by atoms with E-state index in [9.17, 15) is 18.0 Å². The fraction of sp³-hybridized carbons (Fsp3) is 0.533. The third kappa shape index (κ3) is 5.04. The first-order chi connectivity index (χ1) is 20.2. The van der Waals surface area contributed by atoms with Crippen molar-refractivity contribution in [2.24, 2.45) is 11.8 Å². The molecular formula is C30H35ClN4O6S. The molecule has 4 bridgehead atoms. The molecule has 5 aliphatic heterocycles. The zero-order valence-electron chi connectivity index (χ0n) is 23.4. The highest BCUT2D eigenvalue weighted by molar-refractivity contribution is 7.90. The molecule has 1 saturated carbocycles. The van der Waals surface area contributed by atoms with Crippen LogP contribution >= 0.6 is 11.6 Å². The minimum atomic E-state index is -4.11. The zero-order chi connectivity index (χ0) is 29.1. The molecule has 0 unspecified atom stereocenters. The quantitative estimate of drug-likeness (QED) is 0.482.